The third-order valence-corrected chi connectivity index (χ3v) is 13.1. The summed E-state index contributed by atoms with van der Waals surface area (Å²) in [6, 6.07) is 0. The SMILES string of the molecule is CC/C=C\C/C=C\C/C=C\C/C=C\C/C=C\C/C=C\C/C=C\C/C=C\CCCCCCCCCCCCCCCCCCC(=O)OC(CO)COC(=O)CCCCCCCCCCCCCCCCCC. The molecule has 71 heavy (non-hydrogen) atoms. The summed E-state index contributed by atoms with van der Waals surface area (Å²) in [6.45, 7) is 4.05. The third kappa shape index (κ3) is 59.3. The lowest BCUT2D eigenvalue weighted by Crippen LogP contribution is -2.28. The van der Waals surface area contributed by atoms with Crippen LogP contribution in [0.5, 0.6) is 0 Å². The largest absolute Gasteiger partial charge is 0.462 e. The summed E-state index contributed by atoms with van der Waals surface area (Å²) in [5, 5.41) is 9.65. The fourth-order valence-electron chi connectivity index (χ4n) is 8.63. The van der Waals surface area contributed by atoms with Gasteiger partial charge in [0.2, 0.25) is 0 Å². The molecule has 0 fully saturated rings. The molecular formula is C66H114O5. The molecular weight excluding hydrogens is 873 g/mol. The molecule has 0 aromatic heterocycles. The summed E-state index contributed by atoms with van der Waals surface area (Å²) >= 11 is 0. The number of allylic oxidation sites excluding steroid dienone is 16. The van der Waals surface area contributed by atoms with Gasteiger partial charge < -0.3 is 14.6 Å². The molecule has 1 N–H and O–H groups in total. The molecule has 1 atom stereocenters. The zero-order valence-corrected chi connectivity index (χ0v) is 46.7. The van der Waals surface area contributed by atoms with Gasteiger partial charge in [-0.3, -0.25) is 9.59 Å². The molecule has 0 heterocycles. The molecule has 0 amide bonds. The lowest BCUT2D eigenvalue weighted by Gasteiger charge is -2.15. The van der Waals surface area contributed by atoms with Gasteiger partial charge in [-0.15, -0.1) is 0 Å². The molecule has 0 saturated heterocycles. The van der Waals surface area contributed by atoms with E-state index in [1.807, 2.05) is 0 Å². The van der Waals surface area contributed by atoms with Gasteiger partial charge in [-0.25, -0.2) is 0 Å². The number of carbonyl (C=O) groups is 2. The highest BCUT2D eigenvalue weighted by Gasteiger charge is 2.16. The molecule has 1 unspecified atom stereocenters. The molecule has 0 saturated carbocycles. The molecule has 0 aliphatic carbocycles. The molecule has 5 nitrogen and oxygen atoms in total. The summed E-state index contributed by atoms with van der Waals surface area (Å²) in [6.07, 6.45) is 86.8. The monoisotopic (exact) mass is 987 g/mol. The zero-order chi connectivity index (χ0) is 51.3. The number of aliphatic hydroxyl groups excluding tert-OH is 1. The van der Waals surface area contributed by atoms with Crippen LogP contribution in [0, 0.1) is 0 Å². The zero-order valence-electron chi connectivity index (χ0n) is 46.7. The highest BCUT2D eigenvalue weighted by atomic mass is 16.6. The summed E-state index contributed by atoms with van der Waals surface area (Å²) in [4.78, 5) is 24.5. The van der Waals surface area contributed by atoms with Gasteiger partial charge >= 0.3 is 11.9 Å². The highest BCUT2D eigenvalue weighted by molar-refractivity contribution is 5.70. The first-order valence-corrected chi connectivity index (χ1v) is 30.3. The van der Waals surface area contributed by atoms with Crippen molar-refractivity contribution in [2.75, 3.05) is 13.2 Å². The predicted molar refractivity (Wildman–Crippen MR) is 311 cm³/mol. The van der Waals surface area contributed by atoms with Gasteiger partial charge in [0.05, 0.1) is 6.61 Å². The molecule has 0 rings (SSSR count). The second-order valence-corrected chi connectivity index (χ2v) is 20.1. The first kappa shape index (κ1) is 67.8. The number of hydrogen-bond donors (Lipinski definition) is 1. The molecule has 0 aromatic carbocycles. The number of hydrogen-bond acceptors (Lipinski definition) is 5. The van der Waals surface area contributed by atoms with Crippen molar-refractivity contribution in [3.63, 3.8) is 0 Å². The topological polar surface area (TPSA) is 72.8 Å². The van der Waals surface area contributed by atoms with Crippen molar-refractivity contribution in [2.45, 2.75) is 296 Å². The van der Waals surface area contributed by atoms with Gasteiger partial charge in [-0.2, -0.15) is 0 Å². The molecule has 0 radical (unpaired) electrons. The Morgan fingerprint density at radius 1 is 0.338 bits per heavy atom. The van der Waals surface area contributed by atoms with E-state index in [0.29, 0.717) is 12.8 Å². The van der Waals surface area contributed by atoms with Crippen molar-refractivity contribution in [1.82, 2.24) is 0 Å². The number of esters is 2. The Morgan fingerprint density at radius 2 is 0.606 bits per heavy atom. The highest BCUT2D eigenvalue weighted by Crippen LogP contribution is 2.17. The van der Waals surface area contributed by atoms with Crippen LogP contribution in [0.2, 0.25) is 0 Å². The van der Waals surface area contributed by atoms with E-state index in [-0.39, 0.29) is 25.2 Å². The Morgan fingerprint density at radius 3 is 0.915 bits per heavy atom. The van der Waals surface area contributed by atoms with E-state index in [2.05, 4.69) is 111 Å². The molecule has 0 bridgehead atoms. The summed E-state index contributed by atoms with van der Waals surface area (Å²) in [5.41, 5.74) is 0. The Bertz CT molecular complexity index is 1350. The minimum Gasteiger partial charge on any atom is -0.462 e. The van der Waals surface area contributed by atoms with E-state index in [9.17, 15) is 14.7 Å². The maximum Gasteiger partial charge on any atom is 0.306 e. The maximum atomic E-state index is 12.3. The Labute approximate surface area is 440 Å². The average molecular weight is 988 g/mol. The summed E-state index contributed by atoms with van der Waals surface area (Å²) in [7, 11) is 0. The van der Waals surface area contributed by atoms with E-state index in [4.69, 9.17) is 9.47 Å². The molecule has 0 aliphatic rings. The van der Waals surface area contributed by atoms with Crippen LogP contribution in [-0.2, 0) is 19.1 Å². The van der Waals surface area contributed by atoms with Crippen molar-refractivity contribution in [2.24, 2.45) is 0 Å². The lowest BCUT2D eigenvalue weighted by atomic mass is 10.0. The Balaban J connectivity index is 3.48. The van der Waals surface area contributed by atoms with E-state index in [1.54, 1.807) is 0 Å². The predicted octanol–water partition coefficient (Wildman–Crippen LogP) is 20.7. The average Bonchev–Trinajstić information content (AvgIpc) is 3.37. The van der Waals surface area contributed by atoms with Crippen molar-refractivity contribution < 1.29 is 24.2 Å². The second kappa shape index (κ2) is 61.1. The van der Waals surface area contributed by atoms with E-state index < -0.39 is 6.10 Å². The minimum atomic E-state index is -0.773. The normalized spacial score (nSPS) is 12.9. The first-order chi connectivity index (χ1) is 35.1. The van der Waals surface area contributed by atoms with Crippen LogP contribution in [0.1, 0.15) is 290 Å². The van der Waals surface area contributed by atoms with Crippen LogP contribution in [0.25, 0.3) is 0 Å². The Hall–Kier alpha value is -3.18. The molecule has 0 spiro atoms. The molecule has 5 heteroatoms. The van der Waals surface area contributed by atoms with Gasteiger partial charge in [0.15, 0.2) is 6.10 Å². The van der Waals surface area contributed by atoms with Crippen molar-refractivity contribution in [1.29, 1.82) is 0 Å². The second-order valence-electron chi connectivity index (χ2n) is 20.1. The van der Waals surface area contributed by atoms with E-state index >= 15 is 0 Å². The van der Waals surface area contributed by atoms with Crippen LogP contribution in [0.4, 0.5) is 0 Å². The third-order valence-electron chi connectivity index (χ3n) is 13.1. The van der Waals surface area contributed by atoms with Gasteiger partial charge in [0.1, 0.15) is 6.61 Å². The van der Waals surface area contributed by atoms with Crippen LogP contribution < -0.4 is 0 Å². The van der Waals surface area contributed by atoms with Gasteiger partial charge in [-0.1, -0.05) is 297 Å². The number of ether oxygens (including phenoxy) is 2. The van der Waals surface area contributed by atoms with Crippen molar-refractivity contribution in [3.05, 3.63) is 97.2 Å². The standard InChI is InChI=1S/C66H114O5/c1-3-5-7-9-11-13-15-17-19-21-22-23-24-25-26-27-28-29-30-31-32-33-34-35-36-37-38-39-40-41-42-43-44-45-47-49-51-53-55-57-59-61-66(69)71-64(62-67)63-70-65(68)60-58-56-54-52-50-48-46-20-18-16-14-12-10-8-6-4-2/h5,7,11,13,17,19,22-23,25-26,28-29,31-32,34-35,64,67H,3-4,6,8-10,12,14-16,18,20-21,24,27,30,33,36-63H2,1-2H3/b7-5-,13-11-,19-17-,23-22-,26-25-,29-28-,32-31-,35-34-. The molecule has 408 valence electrons. The number of rotatable bonds is 55. The van der Waals surface area contributed by atoms with Gasteiger partial charge in [0, 0.05) is 12.8 Å². The smallest absolute Gasteiger partial charge is 0.306 e. The van der Waals surface area contributed by atoms with Crippen LogP contribution in [0.3, 0.4) is 0 Å². The molecule has 0 aliphatic heterocycles. The first-order valence-electron chi connectivity index (χ1n) is 30.3. The summed E-state index contributed by atoms with van der Waals surface area (Å²) in [5.74, 6) is -0.580. The number of aliphatic hydroxyl groups is 1. The quantitative estimate of drug-likeness (QED) is 0.0373. The lowest BCUT2D eigenvalue weighted by molar-refractivity contribution is -0.161. The number of carbonyl (C=O) groups excluding carboxylic acids is 2. The fraction of sp³-hybridized carbons (Fsp3) is 0.727. The van der Waals surface area contributed by atoms with Crippen molar-refractivity contribution >= 4 is 11.9 Å². The van der Waals surface area contributed by atoms with Crippen LogP contribution >= 0.6 is 0 Å². The van der Waals surface area contributed by atoms with E-state index in [0.717, 1.165) is 89.9 Å². The molecule has 0 aromatic rings. The van der Waals surface area contributed by atoms with Gasteiger partial charge in [0.25, 0.3) is 0 Å². The van der Waals surface area contributed by atoms with E-state index in [1.165, 1.54) is 173 Å². The maximum absolute atomic E-state index is 12.3. The van der Waals surface area contributed by atoms with Gasteiger partial charge in [-0.05, 0) is 77.0 Å². The van der Waals surface area contributed by atoms with Crippen molar-refractivity contribution in [3.8, 4) is 0 Å². The summed E-state index contributed by atoms with van der Waals surface area (Å²) < 4.78 is 10.7. The Kier molecular flexibility index (Phi) is 58.4. The minimum absolute atomic E-state index is 0.0637. The van der Waals surface area contributed by atoms with Crippen LogP contribution in [0.15, 0.2) is 97.2 Å². The fourth-order valence-corrected chi connectivity index (χ4v) is 8.63. The van der Waals surface area contributed by atoms with Crippen LogP contribution in [-0.4, -0.2) is 36.4 Å². The number of unbranched alkanes of at least 4 members (excludes halogenated alkanes) is 31.